The van der Waals surface area contributed by atoms with Gasteiger partial charge in [-0.15, -0.1) is 0 Å². The van der Waals surface area contributed by atoms with Gasteiger partial charge in [-0.1, -0.05) is 23.8 Å². The quantitative estimate of drug-likeness (QED) is 0.666. The second-order valence-corrected chi connectivity index (χ2v) is 9.26. The average molecular weight is 435 g/mol. The van der Waals surface area contributed by atoms with E-state index in [1.165, 1.54) is 18.1 Å². The minimum Gasteiger partial charge on any atom is -0.348 e. The molecule has 0 unspecified atom stereocenters. The minimum atomic E-state index is -3.73. The molecular formula is C22H24F2N2O3S. The molecule has 2 aromatic rings. The first-order valence-electron chi connectivity index (χ1n) is 9.72. The van der Waals surface area contributed by atoms with Crippen molar-refractivity contribution in [3.05, 3.63) is 76.9 Å². The molecule has 3 rings (SSSR count). The van der Waals surface area contributed by atoms with Crippen molar-refractivity contribution in [3.63, 3.8) is 0 Å². The van der Waals surface area contributed by atoms with Crippen molar-refractivity contribution in [1.29, 1.82) is 0 Å². The van der Waals surface area contributed by atoms with Crippen LogP contribution in [-0.2, 0) is 16.6 Å². The summed E-state index contributed by atoms with van der Waals surface area (Å²) in [6, 6.07) is 9.47. The number of carbonyl (C=O) groups is 1. The second kappa shape index (κ2) is 9.38. The molecule has 160 valence electrons. The van der Waals surface area contributed by atoms with E-state index in [4.69, 9.17) is 0 Å². The van der Waals surface area contributed by atoms with Crippen molar-refractivity contribution in [1.82, 2.24) is 5.32 Å². The molecule has 2 aromatic carbocycles. The largest absolute Gasteiger partial charge is 0.348 e. The lowest BCUT2D eigenvalue weighted by atomic mass is 9.99. The lowest BCUT2D eigenvalue weighted by molar-refractivity contribution is 0.0956. The van der Waals surface area contributed by atoms with Crippen LogP contribution in [0.2, 0.25) is 0 Å². The molecule has 1 amide bonds. The van der Waals surface area contributed by atoms with E-state index in [0.717, 1.165) is 42.0 Å². The summed E-state index contributed by atoms with van der Waals surface area (Å²) in [5, 5.41) is 2.90. The van der Waals surface area contributed by atoms with Crippen molar-refractivity contribution in [3.8, 4) is 0 Å². The number of nitrogens with zero attached hydrogens (tertiary/aromatic N) is 1. The Labute approximate surface area is 175 Å². The van der Waals surface area contributed by atoms with Gasteiger partial charge in [0.05, 0.1) is 18.5 Å². The fraction of sp³-hybridized carbons (Fsp3) is 0.318. The number of rotatable bonds is 7. The maximum atomic E-state index is 13.6. The summed E-state index contributed by atoms with van der Waals surface area (Å²) in [7, 11) is -3.73. The number of benzene rings is 2. The number of carbonyl (C=O) groups excluding carboxylic acids is 1. The van der Waals surface area contributed by atoms with E-state index >= 15 is 0 Å². The predicted molar refractivity (Wildman–Crippen MR) is 113 cm³/mol. The number of halogens is 2. The summed E-state index contributed by atoms with van der Waals surface area (Å²) in [6.07, 6.45) is 7.55. The number of sulfonamides is 1. The van der Waals surface area contributed by atoms with Crippen LogP contribution in [0.5, 0.6) is 0 Å². The summed E-state index contributed by atoms with van der Waals surface area (Å²) in [6.45, 7) is 0.456. The Morgan fingerprint density at radius 1 is 1.07 bits per heavy atom. The molecule has 0 saturated heterocycles. The number of amides is 1. The lowest BCUT2D eigenvalue weighted by Crippen LogP contribution is -2.29. The average Bonchev–Trinajstić information content (AvgIpc) is 2.73. The van der Waals surface area contributed by atoms with Crippen LogP contribution < -0.4 is 9.62 Å². The Morgan fingerprint density at radius 3 is 2.40 bits per heavy atom. The maximum Gasteiger partial charge on any atom is 0.251 e. The monoisotopic (exact) mass is 434 g/mol. The number of anilines is 1. The van der Waals surface area contributed by atoms with E-state index in [2.05, 4.69) is 11.4 Å². The third-order valence-corrected chi connectivity index (χ3v) is 6.14. The van der Waals surface area contributed by atoms with Crippen molar-refractivity contribution in [2.24, 2.45) is 0 Å². The zero-order valence-electron chi connectivity index (χ0n) is 16.7. The molecule has 0 aliphatic heterocycles. The molecule has 8 heteroatoms. The van der Waals surface area contributed by atoms with Crippen molar-refractivity contribution in [2.45, 2.75) is 32.2 Å². The molecule has 1 N–H and O–H groups in total. The fourth-order valence-electron chi connectivity index (χ4n) is 3.33. The SMILES string of the molecule is CS(=O)(=O)N(Cc1ccc(C(=O)NCC2=CCCCC2)cc1)c1ccc(F)c(F)c1. The van der Waals surface area contributed by atoms with Gasteiger partial charge in [-0.2, -0.15) is 0 Å². The van der Waals surface area contributed by atoms with Crippen LogP contribution in [0.1, 0.15) is 41.6 Å². The highest BCUT2D eigenvalue weighted by Crippen LogP contribution is 2.23. The molecular weight excluding hydrogens is 410 g/mol. The third-order valence-electron chi connectivity index (χ3n) is 4.99. The Kier molecular flexibility index (Phi) is 6.87. The van der Waals surface area contributed by atoms with Gasteiger partial charge in [-0.25, -0.2) is 17.2 Å². The normalized spacial score (nSPS) is 14.2. The molecule has 0 bridgehead atoms. The van der Waals surface area contributed by atoms with E-state index in [1.54, 1.807) is 24.3 Å². The second-order valence-electron chi connectivity index (χ2n) is 7.36. The fourth-order valence-corrected chi connectivity index (χ4v) is 4.21. The van der Waals surface area contributed by atoms with Gasteiger partial charge in [0, 0.05) is 18.2 Å². The highest BCUT2D eigenvalue weighted by Gasteiger charge is 2.20. The maximum absolute atomic E-state index is 13.6. The molecule has 0 heterocycles. The van der Waals surface area contributed by atoms with Gasteiger partial charge in [0.25, 0.3) is 5.91 Å². The first-order valence-corrected chi connectivity index (χ1v) is 11.6. The van der Waals surface area contributed by atoms with Crippen LogP contribution in [0, 0.1) is 11.6 Å². The summed E-state index contributed by atoms with van der Waals surface area (Å²) in [5.41, 5.74) is 2.34. The summed E-state index contributed by atoms with van der Waals surface area (Å²) >= 11 is 0. The summed E-state index contributed by atoms with van der Waals surface area (Å²) < 4.78 is 52.1. The molecule has 0 fully saturated rings. The van der Waals surface area contributed by atoms with Crippen molar-refractivity contribution < 1.29 is 22.0 Å². The Balaban J connectivity index is 1.70. The number of allylic oxidation sites excluding steroid dienone is 1. The summed E-state index contributed by atoms with van der Waals surface area (Å²) in [5.74, 6) is -2.37. The van der Waals surface area contributed by atoms with Crippen LogP contribution in [0.3, 0.4) is 0 Å². The molecule has 0 radical (unpaired) electrons. The molecule has 1 aliphatic carbocycles. The van der Waals surface area contributed by atoms with E-state index in [0.29, 0.717) is 17.7 Å². The number of hydrogen-bond acceptors (Lipinski definition) is 3. The van der Waals surface area contributed by atoms with Gasteiger partial charge in [-0.3, -0.25) is 9.10 Å². The number of hydrogen-bond donors (Lipinski definition) is 1. The first kappa shape index (κ1) is 22.0. The van der Waals surface area contributed by atoms with Gasteiger partial charge in [-0.05, 0) is 55.5 Å². The standard InChI is InChI=1S/C22H24F2N2O3S/c1-30(28,29)26(19-11-12-20(23)21(24)13-19)15-17-7-9-18(10-8-17)22(27)25-14-16-5-3-2-4-6-16/h5,7-13H,2-4,6,14-15H2,1H3,(H,25,27). The molecule has 0 aromatic heterocycles. The van der Waals surface area contributed by atoms with Crippen LogP contribution >= 0.6 is 0 Å². The van der Waals surface area contributed by atoms with Gasteiger partial charge in [0.1, 0.15) is 0 Å². The van der Waals surface area contributed by atoms with E-state index in [9.17, 15) is 22.0 Å². The van der Waals surface area contributed by atoms with Crippen LogP contribution in [0.15, 0.2) is 54.1 Å². The molecule has 0 atom stereocenters. The summed E-state index contributed by atoms with van der Waals surface area (Å²) in [4.78, 5) is 12.3. The smallest absolute Gasteiger partial charge is 0.251 e. The molecule has 0 saturated carbocycles. The van der Waals surface area contributed by atoms with Gasteiger partial charge in [0.2, 0.25) is 10.0 Å². The van der Waals surface area contributed by atoms with Gasteiger partial charge < -0.3 is 5.32 Å². The Bertz CT molecular complexity index is 1050. The minimum absolute atomic E-state index is 0.0268. The Morgan fingerprint density at radius 2 is 1.80 bits per heavy atom. The van der Waals surface area contributed by atoms with Gasteiger partial charge in [0.15, 0.2) is 11.6 Å². The van der Waals surface area contributed by atoms with E-state index < -0.39 is 21.7 Å². The van der Waals surface area contributed by atoms with E-state index in [1.807, 2.05) is 0 Å². The zero-order chi connectivity index (χ0) is 21.7. The molecule has 0 spiro atoms. The number of nitrogens with one attached hydrogen (secondary N) is 1. The van der Waals surface area contributed by atoms with Crippen LogP contribution in [-0.4, -0.2) is 27.1 Å². The molecule has 30 heavy (non-hydrogen) atoms. The lowest BCUT2D eigenvalue weighted by Gasteiger charge is -2.22. The first-order chi connectivity index (χ1) is 14.2. The highest BCUT2D eigenvalue weighted by molar-refractivity contribution is 7.92. The van der Waals surface area contributed by atoms with Crippen molar-refractivity contribution >= 4 is 21.6 Å². The van der Waals surface area contributed by atoms with Gasteiger partial charge >= 0.3 is 0 Å². The van der Waals surface area contributed by atoms with E-state index in [-0.39, 0.29) is 18.1 Å². The van der Waals surface area contributed by atoms with Crippen LogP contribution in [0.25, 0.3) is 0 Å². The highest BCUT2D eigenvalue weighted by atomic mass is 32.2. The Hall–Kier alpha value is -2.74. The van der Waals surface area contributed by atoms with Crippen LogP contribution in [0.4, 0.5) is 14.5 Å². The predicted octanol–water partition coefficient (Wildman–Crippen LogP) is 4.16. The third kappa shape index (κ3) is 5.66. The molecule has 5 nitrogen and oxygen atoms in total. The topological polar surface area (TPSA) is 66.5 Å². The molecule has 1 aliphatic rings. The zero-order valence-corrected chi connectivity index (χ0v) is 17.5. The van der Waals surface area contributed by atoms with Crippen molar-refractivity contribution in [2.75, 3.05) is 17.1 Å².